The summed E-state index contributed by atoms with van der Waals surface area (Å²) >= 11 is 0. The molecule has 0 unspecified atom stereocenters. The molecule has 2 atom stereocenters. The van der Waals surface area contributed by atoms with Gasteiger partial charge in [0.15, 0.2) is 0 Å². The highest BCUT2D eigenvalue weighted by molar-refractivity contribution is 6.02. The predicted molar refractivity (Wildman–Crippen MR) is 104 cm³/mol. The molecule has 0 fully saturated rings. The Labute approximate surface area is 155 Å². The van der Waals surface area contributed by atoms with Gasteiger partial charge in [-0.1, -0.05) is 48.5 Å². The Hall–Kier alpha value is -2.59. The molecule has 1 aliphatic rings. The fraction of sp³-hybridized carbons (Fsp3) is 0.318. The van der Waals surface area contributed by atoms with E-state index < -0.39 is 0 Å². The summed E-state index contributed by atoms with van der Waals surface area (Å²) in [5.74, 6) is 0.276. The molecule has 0 saturated heterocycles. The van der Waals surface area contributed by atoms with Gasteiger partial charge in [0.1, 0.15) is 5.75 Å². The first-order valence-corrected chi connectivity index (χ1v) is 8.91. The molecule has 2 aromatic rings. The lowest BCUT2D eigenvalue weighted by Gasteiger charge is -2.25. The Morgan fingerprint density at radius 3 is 2.38 bits per heavy atom. The largest absolute Gasteiger partial charge is 0.508 e. The minimum Gasteiger partial charge on any atom is -0.508 e. The minimum absolute atomic E-state index is 0.00825. The second-order valence-corrected chi connectivity index (χ2v) is 7.32. The number of hydrogen-bond acceptors (Lipinski definition) is 3. The first-order valence-electron chi connectivity index (χ1n) is 8.91. The molecule has 4 nitrogen and oxygen atoms in total. The number of nitrogens with one attached hydrogen (secondary N) is 1. The van der Waals surface area contributed by atoms with E-state index in [1.165, 1.54) is 0 Å². The third-order valence-corrected chi connectivity index (χ3v) is 5.16. The Morgan fingerprint density at radius 1 is 1.12 bits per heavy atom. The van der Waals surface area contributed by atoms with Gasteiger partial charge in [0.25, 0.3) is 0 Å². The number of allylic oxidation sites excluding steroid dienone is 1. The fourth-order valence-corrected chi connectivity index (χ4v) is 3.22. The van der Waals surface area contributed by atoms with E-state index >= 15 is 0 Å². The van der Waals surface area contributed by atoms with Gasteiger partial charge in [0, 0.05) is 23.6 Å². The first-order chi connectivity index (χ1) is 12.4. The van der Waals surface area contributed by atoms with Gasteiger partial charge in [0.05, 0.1) is 0 Å². The molecule has 26 heavy (non-hydrogen) atoms. The SMILES string of the molecule is CN(C)[C@H](CNC(=O)C1=C[C@@]1(C)c1ccccc1)Cc1ccc(O)cc1. The lowest BCUT2D eigenvalue weighted by atomic mass is 9.92. The number of rotatable bonds is 7. The van der Waals surface area contributed by atoms with Crippen LogP contribution >= 0.6 is 0 Å². The summed E-state index contributed by atoms with van der Waals surface area (Å²) < 4.78 is 0. The van der Waals surface area contributed by atoms with Crippen molar-refractivity contribution in [2.45, 2.75) is 24.8 Å². The second-order valence-electron chi connectivity index (χ2n) is 7.32. The summed E-state index contributed by atoms with van der Waals surface area (Å²) in [4.78, 5) is 14.7. The van der Waals surface area contributed by atoms with Crippen LogP contribution in [0.2, 0.25) is 0 Å². The molecule has 3 rings (SSSR count). The van der Waals surface area contributed by atoms with Crippen LogP contribution in [0.25, 0.3) is 0 Å². The van der Waals surface area contributed by atoms with E-state index in [0.717, 1.165) is 23.1 Å². The Balaban J connectivity index is 1.57. The van der Waals surface area contributed by atoms with Gasteiger partial charge >= 0.3 is 0 Å². The van der Waals surface area contributed by atoms with Crippen molar-refractivity contribution in [2.75, 3.05) is 20.6 Å². The minimum atomic E-state index is -0.240. The number of nitrogens with zero attached hydrogens (tertiary/aromatic N) is 1. The Morgan fingerprint density at radius 2 is 1.77 bits per heavy atom. The Kier molecular flexibility index (Phi) is 5.14. The zero-order valence-electron chi connectivity index (χ0n) is 15.6. The maximum atomic E-state index is 12.6. The number of amides is 1. The van der Waals surface area contributed by atoms with Crippen LogP contribution in [-0.4, -0.2) is 42.6 Å². The zero-order chi connectivity index (χ0) is 18.7. The molecule has 1 amide bonds. The van der Waals surface area contributed by atoms with Crippen LogP contribution in [0.1, 0.15) is 18.1 Å². The van der Waals surface area contributed by atoms with Crippen LogP contribution in [-0.2, 0) is 16.6 Å². The number of carbonyl (C=O) groups is 1. The molecule has 136 valence electrons. The summed E-state index contributed by atoms with van der Waals surface area (Å²) in [5.41, 5.74) is 2.88. The zero-order valence-corrected chi connectivity index (χ0v) is 15.6. The smallest absolute Gasteiger partial charge is 0.248 e. The number of carbonyl (C=O) groups excluding carboxylic acids is 1. The van der Waals surface area contributed by atoms with Gasteiger partial charge < -0.3 is 15.3 Å². The standard InChI is InChI=1S/C22H26N2O2/c1-22(17-7-5-4-6-8-17)14-20(22)21(26)23-15-18(24(2)3)13-16-9-11-19(25)12-10-16/h4-12,14,18,25H,13,15H2,1-3H3,(H,23,26)/t18-,22-/m0/s1. The molecule has 0 spiro atoms. The van der Waals surface area contributed by atoms with Gasteiger partial charge in [-0.2, -0.15) is 0 Å². The van der Waals surface area contributed by atoms with Crippen molar-refractivity contribution in [3.63, 3.8) is 0 Å². The van der Waals surface area contributed by atoms with Crippen LogP contribution in [0.3, 0.4) is 0 Å². The number of hydrogen-bond donors (Lipinski definition) is 2. The van der Waals surface area contributed by atoms with Crippen LogP contribution in [0.5, 0.6) is 5.75 Å². The lowest BCUT2D eigenvalue weighted by Crippen LogP contribution is -2.42. The molecule has 0 radical (unpaired) electrons. The maximum Gasteiger partial charge on any atom is 0.248 e. The summed E-state index contributed by atoms with van der Waals surface area (Å²) in [6, 6.07) is 17.5. The van der Waals surface area contributed by atoms with Crippen molar-refractivity contribution in [2.24, 2.45) is 0 Å². The summed E-state index contributed by atoms with van der Waals surface area (Å²) in [6.45, 7) is 2.66. The highest BCUT2D eigenvalue weighted by Crippen LogP contribution is 2.46. The van der Waals surface area contributed by atoms with Crippen molar-refractivity contribution in [1.29, 1.82) is 0 Å². The van der Waals surface area contributed by atoms with Crippen LogP contribution in [0, 0.1) is 0 Å². The molecule has 2 aromatic carbocycles. The molecule has 0 aromatic heterocycles. The highest BCUT2D eigenvalue weighted by atomic mass is 16.3. The maximum absolute atomic E-state index is 12.6. The highest BCUT2D eigenvalue weighted by Gasteiger charge is 2.44. The van der Waals surface area contributed by atoms with E-state index in [9.17, 15) is 9.90 Å². The molecule has 0 bridgehead atoms. The third kappa shape index (κ3) is 3.97. The van der Waals surface area contributed by atoms with Gasteiger partial charge in [-0.25, -0.2) is 0 Å². The van der Waals surface area contributed by atoms with E-state index in [1.807, 2.05) is 50.5 Å². The molecular formula is C22H26N2O2. The second kappa shape index (κ2) is 7.34. The molecule has 4 heteroatoms. The topological polar surface area (TPSA) is 52.6 Å². The van der Waals surface area contributed by atoms with Crippen molar-refractivity contribution in [3.8, 4) is 5.75 Å². The lowest BCUT2D eigenvalue weighted by molar-refractivity contribution is -0.117. The third-order valence-electron chi connectivity index (χ3n) is 5.16. The van der Waals surface area contributed by atoms with Gasteiger partial charge in [0.2, 0.25) is 5.91 Å². The molecular weight excluding hydrogens is 324 g/mol. The van der Waals surface area contributed by atoms with Crippen LogP contribution in [0.15, 0.2) is 66.2 Å². The van der Waals surface area contributed by atoms with E-state index in [0.29, 0.717) is 6.54 Å². The number of phenolic OH excluding ortho intramolecular Hbond substituents is 1. The number of aromatic hydroxyl groups is 1. The number of likely N-dealkylation sites (N-methyl/N-ethyl adjacent to an activating group) is 1. The summed E-state index contributed by atoms with van der Waals surface area (Å²) in [6.07, 6.45) is 2.84. The molecule has 2 N–H and O–H groups in total. The van der Waals surface area contributed by atoms with E-state index in [2.05, 4.69) is 29.3 Å². The predicted octanol–water partition coefficient (Wildman–Crippen LogP) is 2.88. The Bertz CT molecular complexity index is 797. The van der Waals surface area contributed by atoms with E-state index in [-0.39, 0.29) is 23.1 Å². The van der Waals surface area contributed by atoms with Crippen molar-refractivity contribution in [3.05, 3.63) is 77.4 Å². The normalized spacial score (nSPS) is 19.8. The fourth-order valence-electron chi connectivity index (χ4n) is 3.22. The summed E-state index contributed by atoms with van der Waals surface area (Å²) in [7, 11) is 4.03. The van der Waals surface area contributed by atoms with Gasteiger partial charge in [-0.05, 0) is 50.7 Å². The number of benzene rings is 2. The average molecular weight is 350 g/mol. The van der Waals surface area contributed by atoms with Crippen LogP contribution < -0.4 is 5.32 Å². The van der Waals surface area contributed by atoms with Gasteiger partial charge in [-0.15, -0.1) is 0 Å². The van der Waals surface area contributed by atoms with Crippen molar-refractivity contribution in [1.82, 2.24) is 10.2 Å². The van der Waals surface area contributed by atoms with Crippen molar-refractivity contribution >= 4 is 5.91 Å². The molecule has 1 aliphatic carbocycles. The first kappa shape index (κ1) is 18.2. The van der Waals surface area contributed by atoms with E-state index in [1.54, 1.807) is 12.1 Å². The number of phenols is 1. The van der Waals surface area contributed by atoms with Crippen molar-refractivity contribution < 1.29 is 9.90 Å². The molecule has 0 aliphatic heterocycles. The molecule has 0 heterocycles. The van der Waals surface area contributed by atoms with Gasteiger partial charge in [-0.3, -0.25) is 4.79 Å². The monoisotopic (exact) mass is 350 g/mol. The molecule has 0 saturated carbocycles. The van der Waals surface area contributed by atoms with Crippen LogP contribution in [0.4, 0.5) is 0 Å². The quantitative estimate of drug-likeness (QED) is 0.807. The van der Waals surface area contributed by atoms with E-state index in [4.69, 9.17) is 0 Å². The summed E-state index contributed by atoms with van der Waals surface area (Å²) in [5, 5.41) is 12.5. The average Bonchev–Trinajstić information content (AvgIpc) is 3.34.